The van der Waals surface area contributed by atoms with E-state index in [1.807, 2.05) is 74.5 Å². The van der Waals surface area contributed by atoms with Crippen molar-refractivity contribution in [2.45, 2.75) is 96.0 Å². The number of aromatic nitrogens is 1. The first-order valence-corrected chi connectivity index (χ1v) is 17.3. The van der Waals surface area contributed by atoms with Crippen LogP contribution in [0.3, 0.4) is 0 Å². The van der Waals surface area contributed by atoms with Crippen LogP contribution < -0.4 is 21.3 Å². The van der Waals surface area contributed by atoms with Crippen LogP contribution in [0, 0.1) is 18.8 Å². The van der Waals surface area contributed by atoms with Gasteiger partial charge in [-0.2, -0.15) is 0 Å². The van der Waals surface area contributed by atoms with Gasteiger partial charge in [-0.25, -0.2) is 0 Å². The molecule has 1 aliphatic heterocycles. The van der Waals surface area contributed by atoms with Gasteiger partial charge < -0.3 is 30.5 Å². The van der Waals surface area contributed by atoms with Crippen LogP contribution in [0.4, 0.5) is 0 Å². The number of nitrogens with one attached hydrogen (secondary N) is 4. The normalized spacial score (nSPS) is 19.1. The molecule has 12 nitrogen and oxygen atoms in total. The fraction of sp³-hybridized carbons (Fsp3) is 0.474. The van der Waals surface area contributed by atoms with Gasteiger partial charge in [0.15, 0.2) is 11.5 Å². The number of rotatable bonds is 18. The lowest BCUT2D eigenvalue weighted by atomic mass is 9.93. The number of hydrogen-bond acceptors (Lipinski definition) is 8. The van der Waals surface area contributed by atoms with Gasteiger partial charge in [0.25, 0.3) is 5.91 Å². The van der Waals surface area contributed by atoms with E-state index in [1.54, 1.807) is 13.8 Å². The van der Waals surface area contributed by atoms with Gasteiger partial charge in [0, 0.05) is 12.5 Å². The highest BCUT2D eigenvalue weighted by Gasteiger charge is 2.50. The fourth-order valence-electron chi connectivity index (χ4n) is 5.93. The molecule has 2 aliphatic rings. The molecule has 266 valence electrons. The second-order valence-corrected chi connectivity index (χ2v) is 14.0. The first-order chi connectivity index (χ1) is 23.9. The summed E-state index contributed by atoms with van der Waals surface area (Å²) in [4.78, 5) is 68.0. The minimum absolute atomic E-state index is 0.0442. The van der Waals surface area contributed by atoms with Crippen molar-refractivity contribution in [3.8, 4) is 0 Å². The minimum Gasteiger partial charge on any atom is -0.361 e. The van der Waals surface area contributed by atoms with Crippen molar-refractivity contribution in [3.63, 3.8) is 0 Å². The molecule has 2 fully saturated rings. The molecule has 4 N–H and O–H groups in total. The molecule has 2 aromatic carbocycles. The lowest BCUT2D eigenvalue weighted by Crippen LogP contribution is -2.59. The predicted molar refractivity (Wildman–Crippen MR) is 185 cm³/mol. The Hall–Kier alpha value is -4.84. The van der Waals surface area contributed by atoms with E-state index < -0.39 is 53.4 Å². The Kier molecular flexibility index (Phi) is 11.8. The van der Waals surface area contributed by atoms with Gasteiger partial charge in [-0.05, 0) is 68.9 Å². The summed E-state index contributed by atoms with van der Waals surface area (Å²) >= 11 is 0. The van der Waals surface area contributed by atoms with Crippen molar-refractivity contribution in [3.05, 3.63) is 89.3 Å². The van der Waals surface area contributed by atoms with E-state index in [-0.39, 0.29) is 36.2 Å². The van der Waals surface area contributed by atoms with Crippen molar-refractivity contribution in [1.82, 2.24) is 26.4 Å². The monoisotopic (exact) mass is 685 g/mol. The van der Waals surface area contributed by atoms with E-state index in [0.717, 1.165) is 24.0 Å². The third kappa shape index (κ3) is 10.1. The van der Waals surface area contributed by atoms with E-state index in [9.17, 15) is 24.0 Å². The molecule has 1 aliphatic carbocycles. The van der Waals surface area contributed by atoms with Gasteiger partial charge in [0.2, 0.25) is 17.7 Å². The van der Waals surface area contributed by atoms with Gasteiger partial charge in [0.1, 0.15) is 29.5 Å². The highest BCUT2D eigenvalue weighted by molar-refractivity contribution is 5.99. The summed E-state index contributed by atoms with van der Waals surface area (Å²) in [6, 6.07) is 16.6. The smallest absolute Gasteiger partial charge is 0.274 e. The predicted octanol–water partition coefficient (Wildman–Crippen LogP) is 3.23. The Morgan fingerprint density at radius 1 is 0.820 bits per heavy atom. The first kappa shape index (κ1) is 36.4. The number of carbonyl (C=O) groups excluding carboxylic acids is 5. The third-order valence-electron chi connectivity index (χ3n) is 9.07. The molecule has 1 saturated heterocycles. The van der Waals surface area contributed by atoms with Crippen molar-refractivity contribution in [2.75, 3.05) is 6.61 Å². The Balaban J connectivity index is 1.32. The Labute approximate surface area is 292 Å². The van der Waals surface area contributed by atoms with Gasteiger partial charge in [0.05, 0.1) is 12.6 Å². The average molecular weight is 686 g/mol. The number of hydrogen-bond donors (Lipinski definition) is 4. The van der Waals surface area contributed by atoms with E-state index in [4.69, 9.17) is 9.26 Å². The number of carbonyl (C=O) groups is 5. The topological polar surface area (TPSA) is 172 Å². The quantitative estimate of drug-likeness (QED) is 0.148. The van der Waals surface area contributed by atoms with Crippen LogP contribution in [0.1, 0.15) is 73.8 Å². The summed E-state index contributed by atoms with van der Waals surface area (Å²) in [7, 11) is 0. The number of ketones is 1. The standard InChI is InChI=1S/C38H47N5O7/c1-23(2)19-29(33(44)38(4)22-49-38)40-35(46)30(21-26-13-9-6-10-14-26)41-37(48)32(27-16-17-27)42-34(45)28(18-15-25-11-7-5-8-12-25)39-36(47)31-20-24(3)50-43-31/h5-14,20,23,27-30,32H,15-19,21-22H2,1-4H3,(H,39,47)(H,40,46)(H,41,48)(H,42,45)/t28-,29-,30-,32-,38+/m0/s1. The molecule has 0 bridgehead atoms. The summed E-state index contributed by atoms with van der Waals surface area (Å²) in [5, 5.41) is 15.2. The van der Waals surface area contributed by atoms with Crippen LogP contribution in [0.15, 0.2) is 71.3 Å². The van der Waals surface area contributed by atoms with Crippen molar-refractivity contribution in [2.24, 2.45) is 11.8 Å². The fourth-order valence-corrected chi connectivity index (χ4v) is 5.93. The zero-order chi connectivity index (χ0) is 35.8. The third-order valence-corrected chi connectivity index (χ3v) is 9.07. The van der Waals surface area contributed by atoms with Gasteiger partial charge >= 0.3 is 0 Å². The summed E-state index contributed by atoms with van der Waals surface area (Å²) in [5.74, 6) is -1.86. The molecule has 50 heavy (non-hydrogen) atoms. The summed E-state index contributed by atoms with van der Waals surface area (Å²) < 4.78 is 10.4. The largest absolute Gasteiger partial charge is 0.361 e. The maximum Gasteiger partial charge on any atom is 0.274 e. The summed E-state index contributed by atoms with van der Waals surface area (Å²) in [6.45, 7) is 7.61. The number of amides is 4. The number of epoxide rings is 1. The zero-order valence-corrected chi connectivity index (χ0v) is 29.1. The minimum atomic E-state index is -1.03. The molecule has 0 radical (unpaired) electrons. The average Bonchev–Trinajstić information content (AvgIpc) is 4.03. The van der Waals surface area contributed by atoms with Crippen LogP contribution in [0.2, 0.25) is 0 Å². The van der Waals surface area contributed by atoms with Crippen molar-refractivity contribution < 1.29 is 33.2 Å². The second-order valence-electron chi connectivity index (χ2n) is 14.0. The maximum absolute atomic E-state index is 14.0. The molecule has 0 unspecified atom stereocenters. The molecule has 12 heteroatoms. The molecular weight excluding hydrogens is 638 g/mol. The first-order valence-electron chi connectivity index (χ1n) is 17.3. The van der Waals surface area contributed by atoms with E-state index in [1.165, 1.54) is 6.07 Å². The number of nitrogens with zero attached hydrogens (tertiary/aromatic N) is 1. The molecule has 1 aromatic heterocycles. The second kappa shape index (κ2) is 16.2. The number of aryl methyl sites for hydroxylation is 2. The zero-order valence-electron chi connectivity index (χ0n) is 29.1. The van der Waals surface area contributed by atoms with Crippen LogP contribution in [0.5, 0.6) is 0 Å². The van der Waals surface area contributed by atoms with E-state index in [0.29, 0.717) is 25.2 Å². The van der Waals surface area contributed by atoms with E-state index in [2.05, 4.69) is 26.4 Å². The molecule has 5 atom stereocenters. The van der Waals surface area contributed by atoms with Crippen molar-refractivity contribution in [1.29, 1.82) is 0 Å². The number of ether oxygens (including phenoxy) is 1. The van der Waals surface area contributed by atoms with Crippen molar-refractivity contribution >= 4 is 29.4 Å². The van der Waals surface area contributed by atoms with Gasteiger partial charge in [-0.15, -0.1) is 0 Å². The highest BCUT2D eigenvalue weighted by Crippen LogP contribution is 2.33. The lowest BCUT2D eigenvalue weighted by Gasteiger charge is -2.27. The maximum atomic E-state index is 14.0. The lowest BCUT2D eigenvalue weighted by molar-refractivity contribution is -0.134. The van der Waals surface area contributed by atoms with Gasteiger partial charge in [-0.1, -0.05) is 79.7 Å². The molecule has 2 heterocycles. The Morgan fingerprint density at radius 3 is 1.98 bits per heavy atom. The molecule has 4 amide bonds. The van der Waals surface area contributed by atoms with Crippen LogP contribution in [-0.4, -0.2) is 70.9 Å². The molecule has 5 rings (SSSR count). The summed E-state index contributed by atoms with van der Waals surface area (Å²) in [5.41, 5.74) is 0.920. The van der Waals surface area contributed by atoms with Crippen LogP contribution in [0.25, 0.3) is 0 Å². The Morgan fingerprint density at radius 2 is 1.42 bits per heavy atom. The molecule has 3 aromatic rings. The Bertz CT molecular complexity index is 1650. The van der Waals surface area contributed by atoms with Crippen LogP contribution >= 0.6 is 0 Å². The van der Waals surface area contributed by atoms with Crippen LogP contribution in [-0.2, 0) is 36.8 Å². The highest BCUT2D eigenvalue weighted by atomic mass is 16.6. The number of benzene rings is 2. The molecule has 1 saturated carbocycles. The molecular formula is C38H47N5O7. The van der Waals surface area contributed by atoms with Gasteiger partial charge in [-0.3, -0.25) is 24.0 Å². The SMILES string of the molecule is Cc1cc(C(=O)N[C@@H](CCc2ccccc2)C(=O)N[C@H](C(=O)N[C@@H](Cc2ccccc2)C(=O)N[C@@H](CC(C)C)C(=O)[C@@]2(C)CO2)C2CC2)no1. The molecule has 0 spiro atoms. The number of Topliss-reactive ketones (excluding diaryl/α,β-unsaturated/α-hetero) is 1. The summed E-state index contributed by atoms with van der Waals surface area (Å²) in [6.07, 6.45) is 2.79. The van der Waals surface area contributed by atoms with E-state index >= 15 is 0 Å².